The number of anilines is 2. The Morgan fingerprint density at radius 1 is 1.24 bits per heavy atom. The van der Waals surface area contributed by atoms with Gasteiger partial charge in [-0.1, -0.05) is 11.6 Å². The molecule has 136 valence electrons. The molecule has 1 saturated carbocycles. The molecule has 1 heterocycles. The monoisotopic (exact) mass is 423 g/mol. The van der Waals surface area contributed by atoms with E-state index in [-0.39, 0.29) is 21.6 Å². The largest absolute Gasteiger partial charge is 0.381 e. The molecule has 2 aromatic rings. The maximum Gasteiger partial charge on any atom is 0.266 e. The molecular weight excluding hydrogens is 408 g/mol. The van der Waals surface area contributed by atoms with Gasteiger partial charge in [-0.25, -0.2) is 17.8 Å². The van der Waals surface area contributed by atoms with Gasteiger partial charge in [-0.3, -0.25) is 4.72 Å². The van der Waals surface area contributed by atoms with Crippen molar-refractivity contribution in [3.63, 3.8) is 0 Å². The van der Waals surface area contributed by atoms with E-state index in [1.54, 1.807) is 5.38 Å². The average molecular weight is 424 g/mol. The Morgan fingerprint density at radius 2 is 1.96 bits per heavy atom. The van der Waals surface area contributed by atoms with Gasteiger partial charge in [0.15, 0.2) is 5.13 Å². The van der Waals surface area contributed by atoms with E-state index in [0.29, 0.717) is 5.69 Å². The van der Waals surface area contributed by atoms with Crippen LogP contribution in [0.25, 0.3) is 0 Å². The van der Waals surface area contributed by atoms with Crippen LogP contribution < -0.4 is 10.0 Å². The van der Waals surface area contributed by atoms with E-state index in [1.807, 2.05) is 0 Å². The van der Waals surface area contributed by atoms with E-state index in [9.17, 15) is 12.8 Å². The molecule has 0 saturated heterocycles. The molecule has 3 rings (SSSR count). The Bertz CT molecular complexity index is 839. The Hall–Kier alpha value is -1.09. The zero-order valence-electron chi connectivity index (χ0n) is 13.0. The highest BCUT2D eigenvalue weighted by atomic mass is 35.5. The molecule has 0 atom stereocenters. The maximum absolute atomic E-state index is 14.4. The van der Waals surface area contributed by atoms with Crippen molar-refractivity contribution in [3.05, 3.63) is 34.5 Å². The standard InChI is InChI=1S/C15H16Cl2FN3O2S2/c16-9-1-3-10(4-2-9)20-13-8-12(18)14(7-11(13)17)25(22,23)21-15-19-5-6-24-15/h5-10,20H,1-4H2,(H,19,21)/t9-,10+. The van der Waals surface area contributed by atoms with Gasteiger partial charge in [-0.05, 0) is 37.8 Å². The Balaban J connectivity index is 1.80. The van der Waals surface area contributed by atoms with E-state index in [0.717, 1.165) is 49.2 Å². The van der Waals surface area contributed by atoms with Crippen molar-refractivity contribution in [2.45, 2.75) is 42.0 Å². The average Bonchev–Trinajstić information content (AvgIpc) is 3.04. The lowest BCUT2D eigenvalue weighted by atomic mass is 9.95. The summed E-state index contributed by atoms with van der Waals surface area (Å²) in [6, 6.07) is 2.37. The molecule has 1 aromatic heterocycles. The van der Waals surface area contributed by atoms with Crippen LogP contribution in [0.2, 0.25) is 5.02 Å². The number of thiazole rings is 1. The van der Waals surface area contributed by atoms with Crippen LogP contribution in [0.3, 0.4) is 0 Å². The van der Waals surface area contributed by atoms with Crippen molar-refractivity contribution in [2.75, 3.05) is 10.0 Å². The number of halogens is 3. The summed E-state index contributed by atoms with van der Waals surface area (Å²) < 4.78 is 41.3. The summed E-state index contributed by atoms with van der Waals surface area (Å²) in [5.74, 6) is -0.873. The number of aromatic nitrogens is 1. The quantitative estimate of drug-likeness (QED) is 0.683. The highest BCUT2D eigenvalue weighted by molar-refractivity contribution is 7.93. The Morgan fingerprint density at radius 3 is 2.60 bits per heavy atom. The van der Waals surface area contributed by atoms with Crippen molar-refractivity contribution in [1.29, 1.82) is 0 Å². The van der Waals surface area contributed by atoms with Crippen LogP contribution in [-0.2, 0) is 10.0 Å². The van der Waals surface area contributed by atoms with E-state index in [4.69, 9.17) is 23.2 Å². The molecule has 0 spiro atoms. The second kappa shape index (κ2) is 7.65. The summed E-state index contributed by atoms with van der Waals surface area (Å²) in [5.41, 5.74) is 0.380. The number of benzene rings is 1. The number of hydrogen-bond donors (Lipinski definition) is 2. The summed E-state index contributed by atoms with van der Waals surface area (Å²) >= 11 is 13.4. The van der Waals surface area contributed by atoms with Gasteiger partial charge in [0.1, 0.15) is 10.7 Å². The molecule has 0 amide bonds. The van der Waals surface area contributed by atoms with Crippen LogP contribution in [0.5, 0.6) is 0 Å². The van der Waals surface area contributed by atoms with Gasteiger partial charge in [0.25, 0.3) is 10.0 Å². The molecule has 0 bridgehead atoms. The van der Waals surface area contributed by atoms with Gasteiger partial charge in [-0.15, -0.1) is 22.9 Å². The van der Waals surface area contributed by atoms with Gasteiger partial charge in [0.2, 0.25) is 0 Å². The summed E-state index contributed by atoms with van der Waals surface area (Å²) in [4.78, 5) is 3.32. The number of alkyl halides is 1. The molecule has 5 nitrogen and oxygen atoms in total. The van der Waals surface area contributed by atoms with E-state index >= 15 is 0 Å². The third-order valence-corrected chi connectivity index (χ3v) is 6.90. The summed E-state index contributed by atoms with van der Waals surface area (Å²) in [7, 11) is -4.10. The zero-order valence-corrected chi connectivity index (χ0v) is 16.2. The fourth-order valence-electron chi connectivity index (χ4n) is 2.71. The summed E-state index contributed by atoms with van der Waals surface area (Å²) in [5, 5.41) is 5.28. The molecule has 1 aliphatic rings. The first-order chi connectivity index (χ1) is 11.8. The number of sulfonamides is 1. The van der Waals surface area contributed by atoms with Gasteiger partial charge in [-0.2, -0.15) is 0 Å². The van der Waals surface area contributed by atoms with Crippen molar-refractivity contribution < 1.29 is 12.8 Å². The second-order valence-corrected chi connectivity index (χ2v) is 9.37. The summed E-state index contributed by atoms with van der Waals surface area (Å²) in [6.45, 7) is 0. The first-order valence-electron chi connectivity index (χ1n) is 7.67. The van der Waals surface area contributed by atoms with Gasteiger partial charge >= 0.3 is 0 Å². The van der Waals surface area contributed by atoms with Crippen LogP contribution in [0.15, 0.2) is 28.6 Å². The predicted molar refractivity (Wildman–Crippen MR) is 99.9 cm³/mol. The lowest BCUT2D eigenvalue weighted by molar-refractivity contribution is 0.468. The van der Waals surface area contributed by atoms with Crippen LogP contribution >= 0.6 is 34.5 Å². The van der Waals surface area contributed by atoms with Crippen molar-refractivity contribution >= 4 is 55.4 Å². The van der Waals surface area contributed by atoms with Crippen LogP contribution in [-0.4, -0.2) is 24.8 Å². The fraction of sp³-hybridized carbons (Fsp3) is 0.400. The Labute approximate surface area is 159 Å². The van der Waals surface area contributed by atoms with Crippen molar-refractivity contribution in [2.24, 2.45) is 0 Å². The Kier molecular flexibility index (Phi) is 5.72. The second-order valence-electron chi connectivity index (χ2n) is 5.80. The van der Waals surface area contributed by atoms with Crippen LogP contribution in [0.1, 0.15) is 25.7 Å². The lowest BCUT2D eigenvalue weighted by Gasteiger charge is -2.27. The first-order valence-corrected chi connectivity index (χ1v) is 10.8. The summed E-state index contributed by atoms with van der Waals surface area (Å²) in [6.07, 6.45) is 4.93. The van der Waals surface area contributed by atoms with Gasteiger partial charge in [0, 0.05) is 23.0 Å². The predicted octanol–water partition coefficient (Wildman–Crippen LogP) is 4.70. The molecule has 0 unspecified atom stereocenters. The number of nitrogens with zero attached hydrogens (tertiary/aromatic N) is 1. The van der Waals surface area contributed by atoms with E-state index in [2.05, 4.69) is 15.0 Å². The molecule has 0 aliphatic heterocycles. The highest BCUT2D eigenvalue weighted by Gasteiger charge is 2.24. The van der Waals surface area contributed by atoms with Gasteiger partial charge < -0.3 is 5.32 Å². The molecule has 10 heteroatoms. The highest BCUT2D eigenvalue weighted by Crippen LogP contribution is 2.32. The zero-order chi connectivity index (χ0) is 18.0. The molecule has 1 fully saturated rings. The topological polar surface area (TPSA) is 71.1 Å². The minimum absolute atomic E-state index is 0.141. The normalized spacial score (nSPS) is 21.1. The van der Waals surface area contributed by atoms with Crippen molar-refractivity contribution in [1.82, 2.24) is 4.98 Å². The minimum Gasteiger partial charge on any atom is -0.381 e. The molecule has 25 heavy (non-hydrogen) atoms. The van der Waals surface area contributed by atoms with E-state index < -0.39 is 20.7 Å². The SMILES string of the molecule is O=S(=O)(Nc1nccs1)c1cc(Cl)c(N[C@H]2CC[C@@H](Cl)CC2)cc1F. The lowest BCUT2D eigenvalue weighted by Crippen LogP contribution is -2.26. The smallest absolute Gasteiger partial charge is 0.266 e. The number of hydrogen-bond acceptors (Lipinski definition) is 5. The molecule has 2 N–H and O–H groups in total. The van der Waals surface area contributed by atoms with Gasteiger partial charge in [0.05, 0.1) is 10.7 Å². The maximum atomic E-state index is 14.4. The minimum atomic E-state index is -4.10. The van der Waals surface area contributed by atoms with Crippen molar-refractivity contribution in [3.8, 4) is 0 Å². The molecule has 1 aromatic carbocycles. The number of nitrogens with one attached hydrogen (secondary N) is 2. The molecular formula is C15H16Cl2FN3O2S2. The third-order valence-electron chi connectivity index (χ3n) is 3.98. The van der Waals surface area contributed by atoms with Crippen LogP contribution in [0.4, 0.5) is 15.2 Å². The molecule has 0 radical (unpaired) electrons. The van der Waals surface area contributed by atoms with Crippen LogP contribution in [0, 0.1) is 5.82 Å². The molecule has 1 aliphatic carbocycles. The van der Waals surface area contributed by atoms with E-state index in [1.165, 1.54) is 6.20 Å². The first kappa shape index (κ1) is 18.7. The fourth-order valence-corrected chi connectivity index (χ4v) is 5.12. The third kappa shape index (κ3) is 4.55. The number of rotatable bonds is 5.